The molecule has 2 aromatic carbocycles. The molecule has 0 unspecified atom stereocenters. The summed E-state index contributed by atoms with van der Waals surface area (Å²) >= 11 is 1.39. The third-order valence-corrected chi connectivity index (χ3v) is 5.01. The lowest BCUT2D eigenvalue weighted by Gasteiger charge is -2.09. The van der Waals surface area contributed by atoms with E-state index in [1.165, 1.54) is 11.3 Å². The van der Waals surface area contributed by atoms with E-state index >= 15 is 0 Å². The predicted octanol–water partition coefficient (Wildman–Crippen LogP) is 3.18. The molecule has 0 saturated heterocycles. The largest absolute Gasteiger partial charge is 0.493 e. The Hall–Kier alpha value is -3.65. The van der Waals surface area contributed by atoms with Crippen molar-refractivity contribution in [3.63, 3.8) is 0 Å². The zero-order valence-electron chi connectivity index (χ0n) is 16.1. The molecule has 1 heterocycles. The van der Waals surface area contributed by atoms with Crippen molar-refractivity contribution in [1.82, 2.24) is 5.32 Å². The maximum absolute atomic E-state index is 12.4. The number of rotatable bonds is 9. The normalized spacial score (nSPS) is 10.3. The van der Waals surface area contributed by atoms with Crippen LogP contribution < -0.4 is 21.1 Å². The Kier molecular flexibility index (Phi) is 7.18. The Morgan fingerprint density at radius 1 is 0.933 bits per heavy atom. The minimum atomic E-state index is -0.421. The highest BCUT2D eigenvalue weighted by Crippen LogP contribution is 2.17. The van der Waals surface area contributed by atoms with Gasteiger partial charge in [-0.2, -0.15) is 0 Å². The average molecular weight is 423 g/mol. The Morgan fingerprint density at radius 3 is 2.30 bits per heavy atom. The van der Waals surface area contributed by atoms with Gasteiger partial charge in [0.1, 0.15) is 5.75 Å². The quantitative estimate of drug-likeness (QED) is 0.491. The van der Waals surface area contributed by atoms with Gasteiger partial charge in [-0.15, -0.1) is 11.3 Å². The first kappa shape index (κ1) is 21.1. The lowest BCUT2D eigenvalue weighted by molar-refractivity contribution is -0.118. The molecule has 3 amide bonds. The smallest absolute Gasteiger partial charge is 0.261 e. The van der Waals surface area contributed by atoms with Crippen molar-refractivity contribution in [1.29, 1.82) is 0 Å². The van der Waals surface area contributed by atoms with Crippen LogP contribution in [0.25, 0.3) is 0 Å². The zero-order valence-corrected chi connectivity index (χ0v) is 16.9. The summed E-state index contributed by atoms with van der Waals surface area (Å²) in [4.78, 5) is 35.8. The third kappa shape index (κ3) is 6.18. The van der Waals surface area contributed by atoms with Crippen molar-refractivity contribution in [3.05, 3.63) is 82.0 Å². The van der Waals surface area contributed by atoms with E-state index in [0.29, 0.717) is 28.4 Å². The number of anilines is 1. The fourth-order valence-electron chi connectivity index (χ4n) is 2.56. The molecule has 0 atom stereocenters. The highest BCUT2D eigenvalue weighted by Gasteiger charge is 2.08. The number of thiophene rings is 1. The maximum atomic E-state index is 12.4. The van der Waals surface area contributed by atoms with Gasteiger partial charge in [-0.05, 0) is 53.4 Å². The summed E-state index contributed by atoms with van der Waals surface area (Å²) in [7, 11) is 0. The first-order valence-corrected chi connectivity index (χ1v) is 10.1. The van der Waals surface area contributed by atoms with Crippen molar-refractivity contribution < 1.29 is 19.1 Å². The first-order valence-electron chi connectivity index (χ1n) is 9.24. The standard InChI is InChI=1S/C22H21N3O4S/c23-20(26)11-12-29-18-9-7-17(8-10-18)25-21(27)16-5-3-15(4-6-16)14-24-22(28)19-2-1-13-30-19/h1-10,13H,11-12,14H2,(H2,23,26)(H,24,28)(H,25,27). The topological polar surface area (TPSA) is 111 Å². The van der Waals surface area contributed by atoms with Gasteiger partial charge in [-0.1, -0.05) is 18.2 Å². The van der Waals surface area contributed by atoms with Crippen molar-refractivity contribution >= 4 is 34.7 Å². The van der Waals surface area contributed by atoms with Crippen molar-refractivity contribution in [2.24, 2.45) is 5.73 Å². The van der Waals surface area contributed by atoms with Crippen LogP contribution in [0.3, 0.4) is 0 Å². The molecular formula is C22H21N3O4S. The minimum Gasteiger partial charge on any atom is -0.493 e. The number of carbonyl (C=O) groups is 3. The van der Waals surface area contributed by atoms with Gasteiger partial charge < -0.3 is 21.1 Å². The molecular weight excluding hydrogens is 402 g/mol. The fraction of sp³-hybridized carbons (Fsp3) is 0.136. The second kappa shape index (κ2) is 10.2. The number of nitrogens with two attached hydrogens (primary N) is 1. The zero-order chi connectivity index (χ0) is 21.3. The Balaban J connectivity index is 1.49. The molecule has 0 spiro atoms. The van der Waals surface area contributed by atoms with Gasteiger partial charge >= 0.3 is 0 Å². The van der Waals surface area contributed by atoms with Crippen LogP contribution in [0, 0.1) is 0 Å². The Labute approximate surface area is 177 Å². The van der Waals surface area contributed by atoms with Crippen LogP contribution in [0.4, 0.5) is 5.69 Å². The van der Waals surface area contributed by atoms with Crippen LogP contribution in [0.15, 0.2) is 66.0 Å². The van der Waals surface area contributed by atoms with E-state index in [2.05, 4.69) is 10.6 Å². The number of amides is 3. The summed E-state index contributed by atoms with van der Waals surface area (Å²) < 4.78 is 5.40. The lowest BCUT2D eigenvalue weighted by Crippen LogP contribution is -2.21. The summed E-state index contributed by atoms with van der Waals surface area (Å²) in [6, 6.07) is 17.5. The molecule has 30 heavy (non-hydrogen) atoms. The molecule has 0 saturated carbocycles. The van der Waals surface area contributed by atoms with Crippen LogP contribution in [0.1, 0.15) is 32.0 Å². The van der Waals surface area contributed by atoms with E-state index in [1.807, 2.05) is 11.4 Å². The molecule has 8 heteroatoms. The summed E-state index contributed by atoms with van der Waals surface area (Å²) in [5.74, 6) is -0.196. The SMILES string of the molecule is NC(=O)CCOc1ccc(NC(=O)c2ccc(CNC(=O)c3cccs3)cc2)cc1. The van der Waals surface area contributed by atoms with E-state index in [-0.39, 0.29) is 24.8 Å². The molecule has 0 radical (unpaired) electrons. The lowest BCUT2D eigenvalue weighted by atomic mass is 10.1. The summed E-state index contributed by atoms with van der Waals surface area (Å²) in [5, 5.41) is 7.51. The number of carbonyl (C=O) groups excluding carboxylic acids is 3. The van der Waals surface area contributed by atoms with Crippen molar-refractivity contribution in [3.8, 4) is 5.75 Å². The number of nitrogens with one attached hydrogen (secondary N) is 2. The molecule has 1 aromatic heterocycles. The van der Waals surface area contributed by atoms with E-state index < -0.39 is 5.91 Å². The Morgan fingerprint density at radius 2 is 1.67 bits per heavy atom. The predicted molar refractivity (Wildman–Crippen MR) is 116 cm³/mol. The highest BCUT2D eigenvalue weighted by atomic mass is 32.1. The van der Waals surface area contributed by atoms with Crippen LogP contribution >= 0.6 is 11.3 Å². The fourth-order valence-corrected chi connectivity index (χ4v) is 3.20. The highest BCUT2D eigenvalue weighted by molar-refractivity contribution is 7.12. The number of benzene rings is 2. The van der Waals surface area contributed by atoms with Gasteiger partial charge in [-0.25, -0.2) is 0 Å². The third-order valence-electron chi connectivity index (χ3n) is 4.14. The van der Waals surface area contributed by atoms with Gasteiger partial charge in [0.25, 0.3) is 11.8 Å². The molecule has 0 aliphatic heterocycles. The molecule has 154 valence electrons. The van der Waals surface area contributed by atoms with Crippen LogP contribution in [-0.4, -0.2) is 24.3 Å². The van der Waals surface area contributed by atoms with Gasteiger partial charge in [-0.3, -0.25) is 14.4 Å². The molecule has 3 rings (SSSR count). The van der Waals surface area contributed by atoms with Gasteiger partial charge in [0, 0.05) is 17.8 Å². The Bertz CT molecular complexity index is 1000. The van der Waals surface area contributed by atoms with Crippen molar-refractivity contribution in [2.75, 3.05) is 11.9 Å². The van der Waals surface area contributed by atoms with E-state index in [9.17, 15) is 14.4 Å². The van der Waals surface area contributed by atoms with E-state index in [1.54, 1.807) is 54.6 Å². The van der Waals surface area contributed by atoms with Crippen LogP contribution in [0.2, 0.25) is 0 Å². The van der Waals surface area contributed by atoms with Crippen LogP contribution in [-0.2, 0) is 11.3 Å². The molecule has 3 aromatic rings. The molecule has 4 N–H and O–H groups in total. The average Bonchev–Trinajstić information content (AvgIpc) is 3.28. The number of hydrogen-bond acceptors (Lipinski definition) is 5. The monoisotopic (exact) mass is 423 g/mol. The number of hydrogen-bond donors (Lipinski definition) is 3. The maximum Gasteiger partial charge on any atom is 0.261 e. The number of ether oxygens (including phenoxy) is 1. The van der Waals surface area contributed by atoms with E-state index in [4.69, 9.17) is 10.5 Å². The molecule has 0 aliphatic carbocycles. The number of primary amides is 1. The van der Waals surface area contributed by atoms with Crippen LogP contribution in [0.5, 0.6) is 5.75 Å². The van der Waals surface area contributed by atoms with Gasteiger partial charge in [0.05, 0.1) is 17.9 Å². The second-order valence-corrected chi connectivity index (χ2v) is 7.35. The molecule has 0 aliphatic rings. The summed E-state index contributed by atoms with van der Waals surface area (Å²) in [5.41, 5.74) is 7.09. The van der Waals surface area contributed by atoms with Gasteiger partial charge in [0.2, 0.25) is 5.91 Å². The van der Waals surface area contributed by atoms with Gasteiger partial charge in [0.15, 0.2) is 0 Å². The summed E-state index contributed by atoms with van der Waals surface area (Å²) in [6.07, 6.45) is 0.145. The van der Waals surface area contributed by atoms with E-state index in [0.717, 1.165) is 5.56 Å². The molecule has 0 fully saturated rings. The summed E-state index contributed by atoms with van der Waals surface area (Å²) in [6.45, 7) is 0.594. The molecule has 7 nitrogen and oxygen atoms in total. The minimum absolute atomic E-state index is 0.117. The first-order chi connectivity index (χ1) is 14.5. The van der Waals surface area contributed by atoms with Crippen molar-refractivity contribution in [2.45, 2.75) is 13.0 Å². The molecule has 0 bridgehead atoms. The second-order valence-electron chi connectivity index (χ2n) is 6.40.